The van der Waals surface area contributed by atoms with Crippen molar-refractivity contribution in [3.8, 4) is 0 Å². The van der Waals surface area contributed by atoms with Gasteiger partial charge in [-0.05, 0) is 17.7 Å². The van der Waals surface area contributed by atoms with E-state index in [0.717, 1.165) is 12.1 Å². The minimum Gasteiger partial charge on any atom is -0.309 e. The number of nitrogens with zero attached hydrogens (tertiary/aromatic N) is 1. The molecule has 2 unspecified atom stereocenters. The number of fused-ring (bicyclic) bond motifs is 1. The van der Waals surface area contributed by atoms with Crippen LogP contribution in [0.4, 0.5) is 0 Å². The molecule has 2 atom stereocenters. The van der Waals surface area contributed by atoms with Crippen LogP contribution in [0.1, 0.15) is 24.9 Å². The highest BCUT2D eigenvalue weighted by Gasteiger charge is 2.25. The van der Waals surface area contributed by atoms with Gasteiger partial charge in [-0.2, -0.15) is 0 Å². The van der Waals surface area contributed by atoms with E-state index in [0.29, 0.717) is 12.2 Å². The molecule has 3 rings (SSSR count). The van der Waals surface area contributed by atoms with Crippen molar-refractivity contribution in [1.82, 2.24) is 10.3 Å². The van der Waals surface area contributed by atoms with Crippen LogP contribution in [0, 0.1) is 5.92 Å². The van der Waals surface area contributed by atoms with E-state index in [-0.39, 0.29) is 12.0 Å². The molecule has 2 heterocycles. The van der Waals surface area contributed by atoms with Crippen LogP contribution in [0.3, 0.4) is 0 Å². The van der Waals surface area contributed by atoms with Crippen LogP contribution in [0.2, 0.25) is 0 Å². The average Bonchev–Trinajstić information content (AvgIpc) is 2.79. The first kappa shape index (κ1) is 10.9. The Hall–Kier alpha value is -1.26. The predicted octanol–water partition coefficient (Wildman–Crippen LogP) is 2.54. The fourth-order valence-corrected chi connectivity index (χ4v) is 2.89. The van der Waals surface area contributed by atoms with Gasteiger partial charge in [0.25, 0.3) is 0 Å². The Labute approximate surface area is 104 Å². The van der Waals surface area contributed by atoms with Gasteiger partial charge in [0.2, 0.25) is 0 Å². The van der Waals surface area contributed by atoms with Crippen LogP contribution in [0.25, 0.3) is 10.2 Å². The van der Waals surface area contributed by atoms with Crippen LogP contribution in [-0.4, -0.2) is 17.3 Å². The summed E-state index contributed by atoms with van der Waals surface area (Å²) < 4.78 is 1.20. The summed E-state index contributed by atoms with van der Waals surface area (Å²) in [4.78, 5) is 16.1. The van der Waals surface area contributed by atoms with Crippen LogP contribution in [-0.2, 0) is 4.79 Å². The molecule has 0 aliphatic carbocycles. The predicted molar refractivity (Wildman–Crippen MR) is 69.2 cm³/mol. The van der Waals surface area contributed by atoms with Crippen molar-refractivity contribution in [3.05, 3.63) is 29.3 Å². The molecular weight excluding hydrogens is 232 g/mol. The molecule has 0 spiro atoms. The highest BCUT2D eigenvalue weighted by Crippen LogP contribution is 2.27. The molecule has 3 nitrogen and oxygen atoms in total. The monoisotopic (exact) mass is 246 g/mol. The molecule has 1 saturated heterocycles. The molecule has 88 valence electrons. The lowest BCUT2D eigenvalue weighted by Gasteiger charge is -2.27. The van der Waals surface area contributed by atoms with Crippen molar-refractivity contribution in [1.29, 1.82) is 0 Å². The van der Waals surface area contributed by atoms with Crippen molar-refractivity contribution in [2.75, 3.05) is 6.54 Å². The van der Waals surface area contributed by atoms with Gasteiger partial charge in [-0.25, -0.2) is 4.98 Å². The maximum atomic E-state index is 11.7. The van der Waals surface area contributed by atoms with Gasteiger partial charge in [0.05, 0.1) is 15.7 Å². The summed E-state index contributed by atoms with van der Waals surface area (Å²) in [5.74, 6) is 0.501. The van der Waals surface area contributed by atoms with E-state index in [4.69, 9.17) is 0 Å². The SMILES string of the molecule is CC1CNC(c2ccc3scnc3c2)CC1=O. The first-order valence-electron chi connectivity index (χ1n) is 5.83. The normalized spacial score (nSPS) is 25.4. The summed E-state index contributed by atoms with van der Waals surface area (Å²) in [5.41, 5.74) is 4.06. The Balaban J connectivity index is 1.90. The van der Waals surface area contributed by atoms with Crippen molar-refractivity contribution in [2.45, 2.75) is 19.4 Å². The summed E-state index contributed by atoms with van der Waals surface area (Å²) in [5, 5.41) is 3.43. The lowest BCUT2D eigenvalue weighted by Crippen LogP contribution is -2.37. The number of hydrogen-bond acceptors (Lipinski definition) is 4. The molecule has 1 aliphatic heterocycles. The largest absolute Gasteiger partial charge is 0.309 e. The number of carbonyl (C=O) groups excluding carboxylic acids is 1. The Kier molecular flexibility index (Phi) is 2.68. The minimum absolute atomic E-state index is 0.147. The number of piperidine rings is 1. The molecule has 0 amide bonds. The maximum absolute atomic E-state index is 11.7. The summed E-state index contributed by atoms with van der Waals surface area (Å²) in [6.07, 6.45) is 0.594. The zero-order chi connectivity index (χ0) is 11.8. The second-order valence-electron chi connectivity index (χ2n) is 4.61. The lowest BCUT2D eigenvalue weighted by atomic mass is 9.91. The second-order valence-corrected chi connectivity index (χ2v) is 5.50. The minimum atomic E-state index is 0.147. The van der Waals surface area contributed by atoms with Gasteiger partial charge >= 0.3 is 0 Å². The Morgan fingerprint density at radius 2 is 2.35 bits per heavy atom. The van der Waals surface area contributed by atoms with Gasteiger partial charge in [0.1, 0.15) is 5.78 Å². The topological polar surface area (TPSA) is 42.0 Å². The Bertz CT molecular complexity index is 563. The third-order valence-corrected chi connectivity index (χ3v) is 4.19. The molecule has 17 heavy (non-hydrogen) atoms. The van der Waals surface area contributed by atoms with E-state index in [9.17, 15) is 4.79 Å². The van der Waals surface area contributed by atoms with Crippen LogP contribution in [0.5, 0.6) is 0 Å². The summed E-state index contributed by atoms with van der Waals surface area (Å²) >= 11 is 1.65. The number of aromatic nitrogens is 1. The molecule has 0 saturated carbocycles. The first-order valence-corrected chi connectivity index (χ1v) is 6.71. The number of benzene rings is 1. The number of rotatable bonds is 1. The molecule has 2 aromatic rings. The average molecular weight is 246 g/mol. The molecule has 1 aromatic heterocycles. The van der Waals surface area contributed by atoms with E-state index >= 15 is 0 Å². The number of thiazole rings is 1. The highest BCUT2D eigenvalue weighted by atomic mass is 32.1. The summed E-state index contributed by atoms with van der Waals surface area (Å²) in [7, 11) is 0. The lowest BCUT2D eigenvalue weighted by molar-refractivity contribution is -0.124. The fraction of sp³-hybridized carbons (Fsp3) is 0.385. The van der Waals surface area contributed by atoms with E-state index in [2.05, 4.69) is 28.5 Å². The maximum Gasteiger partial charge on any atom is 0.138 e. The molecule has 1 N–H and O–H groups in total. The van der Waals surface area contributed by atoms with E-state index < -0.39 is 0 Å². The molecule has 1 fully saturated rings. The zero-order valence-electron chi connectivity index (χ0n) is 9.64. The summed E-state index contributed by atoms with van der Waals surface area (Å²) in [6, 6.07) is 6.44. The highest BCUT2D eigenvalue weighted by molar-refractivity contribution is 7.16. The Morgan fingerprint density at radius 1 is 1.47 bits per heavy atom. The van der Waals surface area contributed by atoms with E-state index in [1.54, 1.807) is 11.3 Å². The van der Waals surface area contributed by atoms with Gasteiger partial charge in [0, 0.05) is 24.9 Å². The zero-order valence-corrected chi connectivity index (χ0v) is 10.5. The van der Waals surface area contributed by atoms with Gasteiger partial charge < -0.3 is 5.32 Å². The quantitative estimate of drug-likeness (QED) is 0.840. The number of hydrogen-bond donors (Lipinski definition) is 1. The van der Waals surface area contributed by atoms with Crippen molar-refractivity contribution in [3.63, 3.8) is 0 Å². The van der Waals surface area contributed by atoms with Crippen LogP contribution in [0.15, 0.2) is 23.7 Å². The van der Waals surface area contributed by atoms with Gasteiger partial charge in [-0.1, -0.05) is 13.0 Å². The molecule has 0 radical (unpaired) electrons. The van der Waals surface area contributed by atoms with E-state index in [1.807, 2.05) is 12.4 Å². The molecule has 1 aromatic carbocycles. The van der Waals surface area contributed by atoms with Gasteiger partial charge in [0.15, 0.2) is 0 Å². The standard InChI is InChI=1S/C13H14N2OS/c1-8-6-14-10(5-12(8)16)9-2-3-13-11(4-9)15-7-17-13/h2-4,7-8,10,14H,5-6H2,1H3. The van der Waals surface area contributed by atoms with Crippen LogP contribution < -0.4 is 5.32 Å². The van der Waals surface area contributed by atoms with Crippen molar-refractivity contribution < 1.29 is 4.79 Å². The number of ketones is 1. The van der Waals surface area contributed by atoms with Gasteiger partial charge in [-0.15, -0.1) is 11.3 Å². The van der Waals surface area contributed by atoms with Crippen molar-refractivity contribution in [2.24, 2.45) is 5.92 Å². The Morgan fingerprint density at radius 3 is 3.18 bits per heavy atom. The smallest absolute Gasteiger partial charge is 0.138 e. The second kappa shape index (κ2) is 4.20. The third kappa shape index (κ3) is 1.98. The molecule has 4 heteroatoms. The summed E-state index contributed by atoms with van der Waals surface area (Å²) in [6.45, 7) is 2.76. The van der Waals surface area contributed by atoms with Crippen molar-refractivity contribution >= 4 is 27.3 Å². The van der Waals surface area contributed by atoms with Gasteiger partial charge in [-0.3, -0.25) is 4.79 Å². The number of carbonyl (C=O) groups is 1. The van der Waals surface area contributed by atoms with E-state index in [1.165, 1.54) is 10.3 Å². The molecule has 1 aliphatic rings. The molecular formula is C13H14N2OS. The van der Waals surface area contributed by atoms with Crippen LogP contribution >= 0.6 is 11.3 Å². The fourth-order valence-electron chi connectivity index (χ4n) is 2.23. The third-order valence-electron chi connectivity index (χ3n) is 3.38. The number of nitrogens with one attached hydrogen (secondary N) is 1. The molecule has 0 bridgehead atoms. The first-order chi connectivity index (χ1) is 8.24. The number of Topliss-reactive ketones (excluding diaryl/α,β-unsaturated/α-hetero) is 1.